The van der Waals surface area contributed by atoms with Gasteiger partial charge in [-0.1, -0.05) is 5.92 Å². The number of likely N-dealkylation sites (tertiary alicyclic amines) is 1. The molecule has 0 aromatic heterocycles. The summed E-state index contributed by atoms with van der Waals surface area (Å²) in [6, 6.07) is 0. The Balaban J connectivity index is 2.37. The number of nitrogens with zero attached hydrogens (tertiary/aromatic N) is 1. The fourth-order valence-electron chi connectivity index (χ4n) is 1.65. The van der Waals surface area contributed by atoms with E-state index < -0.39 is 5.60 Å². The Kier molecular flexibility index (Phi) is 3.97. The van der Waals surface area contributed by atoms with Crippen LogP contribution in [-0.4, -0.2) is 36.2 Å². The van der Waals surface area contributed by atoms with Gasteiger partial charge in [0.15, 0.2) is 0 Å². The number of piperidine rings is 1. The molecule has 0 unspecified atom stereocenters. The van der Waals surface area contributed by atoms with Crippen LogP contribution in [0.3, 0.4) is 0 Å². The van der Waals surface area contributed by atoms with Crippen molar-refractivity contribution in [3.63, 3.8) is 0 Å². The molecule has 1 amide bonds. The average molecular weight is 213 g/mol. The second kappa shape index (κ2) is 4.84. The first-order chi connectivity index (χ1) is 6.92. The maximum absolute atomic E-state index is 11.7. The van der Waals surface area contributed by atoms with Gasteiger partial charge in [0.1, 0.15) is 5.60 Å². The maximum atomic E-state index is 11.7. The molecule has 0 aromatic carbocycles. The zero-order valence-electron chi connectivity index (χ0n) is 9.88. The number of hydrogen-bond acceptors (Lipinski definition) is 2. The van der Waals surface area contributed by atoms with Gasteiger partial charge in [0.25, 0.3) is 0 Å². The van der Waals surface area contributed by atoms with Crippen LogP contribution < -0.4 is 0 Å². The zero-order chi connectivity index (χ0) is 11.5. The summed E-state index contributed by atoms with van der Waals surface area (Å²) in [7, 11) is 0. The molecule has 1 fully saturated rings. The first-order valence-corrected chi connectivity index (χ1v) is 5.55. The number of carbonyl (C=O) groups excluding carboxylic acids is 1. The van der Waals surface area contributed by atoms with Crippen molar-refractivity contribution in [2.24, 2.45) is 5.92 Å². The van der Waals surface area contributed by atoms with Gasteiger partial charge in [0.05, 0.1) is 0 Å². The molecule has 1 N–H and O–H groups in total. The summed E-state index contributed by atoms with van der Waals surface area (Å²) in [4.78, 5) is 13.4. The van der Waals surface area contributed by atoms with Gasteiger partial charge in [-0.05, 0) is 33.6 Å². The van der Waals surface area contributed by atoms with Crippen molar-refractivity contribution < 1.29 is 9.53 Å². The lowest BCUT2D eigenvalue weighted by Crippen LogP contribution is -2.42. The van der Waals surface area contributed by atoms with E-state index in [4.69, 9.17) is 10.5 Å². The molecule has 1 heterocycles. The minimum Gasteiger partial charge on any atom is -0.677 e. The molecule has 0 bridgehead atoms. The third kappa shape index (κ3) is 4.08. The molecule has 0 aliphatic carbocycles. The third-order valence-corrected chi connectivity index (χ3v) is 2.55. The number of carbonyl (C=O) groups is 1. The molecule has 88 valence electrons. The number of amides is 1. The normalized spacial score (nSPS) is 19.1. The van der Waals surface area contributed by atoms with E-state index in [2.05, 4.69) is 0 Å². The molecule has 1 aliphatic rings. The van der Waals surface area contributed by atoms with E-state index in [-0.39, 0.29) is 6.09 Å². The Bertz CT molecular complexity index is 215. The van der Waals surface area contributed by atoms with Gasteiger partial charge in [-0.15, -0.1) is 6.54 Å². The SMILES string of the molecule is CC(C)(C)OC(=O)N1CCC(C[NH-])CC1. The van der Waals surface area contributed by atoms with Crippen molar-refractivity contribution in [2.75, 3.05) is 19.6 Å². The zero-order valence-corrected chi connectivity index (χ0v) is 9.88. The second-order valence-electron chi connectivity index (χ2n) is 5.11. The first kappa shape index (κ1) is 12.3. The molecule has 1 rings (SSSR count). The van der Waals surface area contributed by atoms with Crippen LogP contribution in [0.25, 0.3) is 5.73 Å². The van der Waals surface area contributed by atoms with Crippen molar-refractivity contribution in [2.45, 2.75) is 39.2 Å². The van der Waals surface area contributed by atoms with Gasteiger partial charge in [0.2, 0.25) is 0 Å². The molecule has 15 heavy (non-hydrogen) atoms. The Morgan fingerprint density at radius 1 is 1.40 bits per heavy atom. The van der Waals surface area contributed by atoms with E-state index in [1.165, 1.54) is 0 Å². The predicted molar refractivity (Wildman–Crippen MR) is 59.7 cm³/mol. The molecule has 0 saturated carbocycles. The molecular weight excluding hydrogens is 192 g/mol. The largest absolute Gasteiger partial charge is 0.677 e. The number of ether oxygens (including phenoxy) is 1. The smallest absolute Gasteiger partial charge is 0.410 e. The molecule has 0 radical (unpaired) electrons. The van der Waals surface area contributed by atoms with E-state index >= 15 is 0 Å². The third-order valence-electron chi connectivity index (χ3n) is 2.55. The summed E-state index contributed by atoms with van der Waals surface area (Å²) >= 11 is 0. The van der Waals surface area contributed by atoms with Crippen LogP contribution >= 0.6 is 0 Å². The van der Waals surface area contributed by atoms with E-state index in [1.54, 1.807) is 4.90 Å². The highest BCUT2D eigenvalue weighted by atomic mass is 16.6. The standard InChI is InChI=1S/C11H21N2O2/c1-11(2,3)15-10(14)13-6-4-9(8-12)5-7-13/h9,12H,4-8H2,1-3H3/q-1. The van der Waals surface area contributed by atoms with E-state index in [0.717, 1.165) is 25.9 Å². The number of hydrogen-bond donors (Lipinski definition) is 0. The Morgan fingerprint density at radius 3 is 2.33 bits per heavy atom. The molecular formula is C11H21N2O2-. The highest BCUT2D eigenvalue weighted by molar-refractivity contribution is 5.68. The summed E-state index contributed by atoms with van der Waals surface area (Å²) in [6.07, 6.45) is 1.65. The van der Waals surface area contributed by atoms with Gasteiger partial charge < -0.3 is 15.4 Å². The summed E-state index contributed by atoms with van der Waals surface area (Å²) in [6.45, 7) is 7.57. The minimum atomic E-state index is -0.413. The second-order valence-corrected chi connectivity index (χ2v) is 5.11. The summed E-state index contributed by atoms with van der Waals surface area (Å²) in [5.74, 6) is 0.462. The molecule has 4 heteroatoms. The first-order valence-electron chi connectivity index (χ1n) is 5.55. The van der Waals surface area contributed by atoms with Crippen molar-refractivity contribution in [3.8, 4) is 0 Å². The van der Waals surface area contributed by atoms with Gasteiger partial charge in [-0.25, -0.2) is 4.79 Å². The van der Waals surface area contributed by atoms with Gasteiger partial charge in [-0.3, -0.25) is 0 Å². The molecule has 4 nitrogen and oxygen atoms in total. The minimum absolute atomic E-state index is 0.217. The predicted octanol–water partition coefficient (Wildman–Crippen LogP) is 2.69. The Labute approximate surface area is 91.8 Å². The van der Waals surface area contributed by atoms with Crippen LogP contribution in [0.4, 0.5) is 4.79 Å². The van der Waals surface area contributed by atoms with Crippen LogP contribution in [0, 0.1) is 5.92 Å². The summed E-state index contributed by atoms with van der Waals surface area (Å²) < 4.78 is 5.29. The molecule has 0 spiro atoms. The molecule has 0 aromatic rings. The monoisotopic (exact) mass is 213 g/mol. The van der Waals surface area contributed by atoms with Gasteiger partial charge >= 0.3 is 6.09 Å². The highest BCUT2D eigenvalue weighted by Crippen LogP contribution is 2.19. The van der Waals surface area contributed by atoms with E-state index in [9.17, 15) is 4.79 Å². The van der Waals surface area contributed by atoms with E-state index in [1.807, 2.05) is 20.8 Å². The molecule has 1 saturated heterocycles. The van der Waals surface area contributed by atoms with Crippen molar-refractivity contribution >= 4 is 6.09 Å². The fraction of sp³-hybridized carbons (Fsp3) is 0.909. The van der Waals surface area contributed by atoms with Gasteiger partial charge in [-0.2, -0.15) is 0 Å². The molecule has 1 aliphatic heterocycles. The van der Waals surface area contributed by atoms with Crippen LogP contribution in [0.15, 0.2) is 0 Å². The van der Waals surface area contributed by atoms with Crippen LogP contribution in [0.1, 0.15) is 33.6 Å². The Morgan fingerprint density at radius 2 is 1.93 bits per heavy atom. The molecule has 0 atom stereocenters. The van der Waals surface area contributed by atoms with Crippen LogP contribution in [0.2, 0.25) is 0 Å². The quantitative estimate of drug-likeness (QED) is 0.672. The topological polar surface area (TPSA) is 53.3 Å². The van der Waals surface area contributed by atoms with E-state index in [0.29, 0.717) is 12.5 Å². The Hall–Kier alpha value is -0.770. The lowest BCUT2D eigenvalue weighted by molar-refractivity contribution is 0.0189. The lowest BCUT2D eigenvalue weighted by atomic mass is 9.97. The van der Waals surface area contributed by atoms with Crippen molar-refractivity contribution in [3.05, 3.63) is 5.73 Å². The number of rotatable bonds is 1. The van der Waals surface area contributed by atoms with Gasteiger partial charge in [0, 0.05) is 13.1 Å². The fourth-order valence-corrected chi connectivity index (χ4v) is 1.65. The average Bonchev–Trinajstić information content (AvgIpc) is 2.15. The van der Waals surface area contributed by atoms with Crippen LogP contribution in [-0.2, 0) is 4.74 Å². The van der Waals surface area contributed by atoms with Crippen molar-refractivity contribution in [1.82, 2.24) is 4.90 Å². The highest BCUT2D eigenvalue weighted by Gasteiger charge is 2.25. The lowest BCUT2D eigenvalue weighted by Gasteiger charge is -2.34. The number of nitrogens with one attached hydrogen (secondary N) is 1. The summed E-state index contributed by atoms with van der Waals surface area (Å²) in [5, 5.41) is 0. The van der Waals surface area contributed by atoms with Crippen molar-refractivity contribution in [1.29, 1.82) is 0 Å². The maximum Gasteiger partial charge on any atom is 0.410 e. The van der Waals surface area contributed by atoms with Crippen LogP contribution in [0.5, 0.6) is 0 Å². The summed E-state index contributed by atoms with van der Waals surface area (Å²) in [5.41, 5.74) is 6.87.